The van der Waals surface area contributed by atoms with E-state index in [2.05, 4.69) is 0 Å². The van der Waals surface area contributed by atoms with Crippen LogP contribution in [0, 0.1) is 5.92 Å². The van der Waals surface area contributed by atoms with Crippen molar-refractivity contribution in [2.45, 2.75) is 31.2 Å². The van der Waals surface area contributed by atoms with Crippen molar-refractivity contribution in [3.8, 4) is 0 Å². The average Bonchev–Trinajstić information content (AvgIpc) is 1.83. The van der Waals surface area contributed by atoms with Crippen LogP contribution in [0.5, 0.6) is 0 Å². The highest BCUT2D eigenvalue weighted by molar-refractivity contribution is 5.73. The van der Waals surface area contributed by atoms with Crippen molar-refractivity contribution in [3.63, 3.8) is 0 Å². The monoisotopic (exact) mass is 179 g/mol. The zero-order valence-electron chi connectivity index (χ0n) is 6.46. The van der Waals surface area contributed by atoms with Gasteiger partial charge in [-0.25, -0.2) is 8.78 Å². The topological polar surface area (TPSA) is 63.3 Å². The Morgan fingerprint density at radius 2 is 2.17 bits per heavy atom. The van der Waals surface area contributed by atoms with Crippen LogP contribution in [0.4, 0.5) is 8.78 Å². The minimum Gasteiger partial charge on any atom is -0.480 e. The molecule has 0 amide bonds. The van der Waals surface area contributed by atoms with Gasteiger partial charge in [0.15, 0.2) is 0 Å². The Hall–Kier alpha value is -0.710. The van der Waals surface area contributed by atoms with Gasteiger partial charge in [-0.1, -0.05) is 0 Å². The van der Waals surface area contributed by atoms with E-state index in [0.717, 1.165) is 0 Å². The number of nitrogens with two attached hydrogens (primary N) is 1. The van der Waals surface area contributed by atoms with Gasteiger partial charge in [-0.2, -0.15) is 0 Å². The standard InChI is InChI=1S/C7H11F2NO2/c8-7(9)2-4(3-7)1-5(10)6(11)12/h4-5H,1-3,10H2,(H,11,12)/t5-/m0/s1. The third kappa shape index (κ3) is 2.14. The molecule has 1 rings (SSSR count). The molecule has 1 fully saturated rings. The van der Waals surface area contributed by atoms with Crippen molar-refractivity contribution in [1.29, 1.82) is 0 Å². The molecule has 0 bridgehead atoms. The Bertz CT molecular complexity index is 188. The molecule has 1 aliphatic carbocycles. The molecule has 0 aromatic carbocycles. The molecule has 0 heterocycles. The molecule has 70 valence electrons. The molecule has 0 unspecified atom stereocenters. The van der Waals surface area contributed by atoms with Gasteiger partial charge < -0.3 is 10.8 Å². The summed E-state index contributed by atoms with van der Waals surface area (Å²) in [6, 6.07) is -0.994. The molecule has 1 aliphatic rings. The SMILES string of the molecule is N[C@@H](CC1CC(F)(F)C1)C(=O)O. The molecular formula is C7H11F2NO2. The minimum absolute atomic E-state index is 0.158. The Morgan fingerprint density at radius 1 is 1.67 bits per heavy atom. The maximum Gasteiger partial charge on any atom is 0.320 e. The predicted octanol–water partition coefficient (Wildman–Crippen LogP) is 0.834. The van der Waals surface area contributed by atoms with E-state index in [1.54, 1.807) is 0 Å². The second-order valence-electron chi connectivity index (χ2n) is 3.31. The first-order valence-corrected chi connectivity index (χ1v) is 3.77. The number of rotatable bonds is 3. The zero-order valence-corrected chi connectivity index (χ0v) is 6.46. The summed E-state index contributed by atoms with van der Waals surface area (Å²) in [7, 11) is 0. The molecule has 3 nitrogen and oxygen atoms in total. The molecule has 1 saturated carbocycles. The molecule has 0 aromatic rings. The molecule has 0 saturated heterocycles. The zero-order chi connectivity index (χ0) is 9.35. The molecule has 0 spiro atoms. The molecule has 3 N–H and O–H groups in total. The number of hydrogen-bond donors (Lipinski definition) is 2. The van der Waals surface area contributed by atoms with Crippen LogP contribution in [-0.4, -0.2) is 23.0 Å². The predicted molar refractivity (Wildman–Crippen MR) is 37.9 cm³/mol. The Labute approximate surface area is 68.5 Å². The largest absolute Gasteiger partial charge is 0.480 e. The third-order valence-corrected chi connectivity index (χ3v) is 2.08. The highest BCUT2D eigenvalue weighted by atomic mass is 19.3. The number of hydrogen-bond acceptors (Lipinski definition) is 2. The Balaban J connectivity index is 2.23. The van der Waals surface area contributed by atoms with Crippen LogP contribution in [0.2, 0.25) is 0 Å². The van der Waals surface area contributed by atoms with E-state index in [1.165, 1.54) is 0 Å². The number of alkyl halides is 2. The fourth-order valence-electron chi connectivity index (χ4n) is 1.41. The average molecular weight is 179 g/mol. The second kappa shape index (κ2) is 2.97. The van der Waals surface area contributed by atoms with Crippen molar-refractivity contribution in [1.82, 2.24) is 0 Å². The number of carboxylic acid groups (broad SMARTS) is 1. The van der Waals surface area contributed by atoms with Gasteiger partial charge in [0.2, 0.25) is 5.92 Å². The lowest BCUT2D eigenvalue weighted by Gasteiger charge is -2.35. The van der Waals surface area contributed by atoms with Gasteiger partial charge in [0.1, 0.15) is 6.04 Å². The van der Waals surface area contributed by atoms with Crippen LogP contribution in [0.25, 0.3) is 0 Å². The summed E-state index contributed by atoms with van der Waals surface area (Å²) in [5, 5.41) is 8.37. The molecule has 0 aliphatic heterocycles. The van der Waals surface area contributed by atoms with E-state index >= 15 is 0 Å². The molecular weight excluding hydrogens is 168 g/mol. The van der Waals surface area contributed by atoms with Crippen molar-refractivity contribution in [3.05, 3.63) is 0 Å². The van der Waals surface area contributed by atoms with Crippen molar-refractivity contribution in [2.24, 2.45) is 11.7 Å². The van der Waals surface area contributed by atoms with Gasteiger partial charge in [0, 0.05) is 12.8 Å². The molecule has 5 heteroatoms. The summed E-state index contributed by atoms with van der Waals surface area (Å²) in [6.45, 7) is 0. The van der Waals surface area contributed by atoms with Crippen LogP contribution in [0.15, 0.2) is 0 Å². The summed E-state index contributed by atoms with van der Waals surface area (Å²) in [5.41, 5.74) is 5.17. The normalized spacial score (nSPS) is 24.6. The summed E-state index contributed by atoms with van der Waals surface area (Å²) >= 11 is 0. The summed E-state index contributed by atoms with van der Waals surface area (Å²) in [5.74, 6) is -3.92. The van der Waals surface area contributed by atoms with Gasteiger partial charge in [0.25, 0.3) is 0 Å². The fraction of sp³-hybridized carbons (Fsp3) is 0.857. The van der Waals surface area contributed by atoms with E-state index in [9.17, 15) is 13.6 Å². The smallest absolute Gasteiger partial charge is 0.320 e. The molecule has 1 atom stereocenters. The molecule has 0 radical (unpaired) electrons. The lowest BCUT2D eigenvalue weighted by molar-refractivity contribution is -0.142. The highest BCUT2D eigenvalue weighted by Crippen LogP contribution is 2.44. The van der Waals surface area contributed by atoms with Crippen LogP contribution in [0.1, 0.15) is 19.3 Å². The first kappa shape index (κ1) is 9.38. The van der Waals surface area contributed by atoms with Crippen LogP contribution in [-0.2, 0) is 4.79 Å². The first-order chi connectivity index (χ1) is 5.41. The number of aliphatic carboxylic acids is 1. The third-order valence-electron chi connectivity index (χ3n) is 2.08. The van der Waals surface area contributed by atoms with Crippen molar-refractivity contribution >= 4 is 5.97 Å². The number of carboxylic acids is 1. The maximum atomic E-state index is 12.3. The summed E-state index contributed by atoms with van der Waals surface area (Å²) in [4.78, 5) is 10.2. The second-order valence-corrected chi connectivity index (χ2v) is 3.31. The fourth-order valence-corrected chi connectivity index (χ4v) is 1.41. The van der Waals surface area contributed by atoms with Crippen LogP contribution >= 0.6 is 0 Å². The summed E-state index contributed by atoms with van der Waals surface area (Å²) < 4.78 is 24.5. The lowest BCUT2D eigenvalue weighted by atomic mass is 9.77. The van der Waals surface area contributed by atoms with Gasteiger partial charge in [-0.05, 0) is 12.3 Å². The van der Waals surface area contributed by atoms with Crippen LogP contribution < -0.4 is 5.73 Å². The molecule has 12 heavy (non-hydrogen) atoms. The quantitative estimate of drug-likeness (QED) is 0.674. The van der Waals surface area contributed by atoms with Crippen LogP contribution in [0.3, 0.4) is 0 Å². The van der Waals surface area contributed by atoms with Gasteiger partial charge in [-0.15, -0.1) is 0 Å². The van der Waals surface area contributed by atoms with E-state index in [1.807, 2.05) is 0 Å². The Kier molecular flexibility index (Phi) is 2.32. The van der Waals surface area contributed by atoms with Gasteiger partial charge in [0.05, 0.1) is 0 Å². The Morgan fingerprint density at radius 3 is 2.50 bits per heavy atom. The van der Waals surface area contributed by atoms with E-state index in [0.29, 0.717) is 0 Å². The number of carbonyl (C=O) groups is 1. The highest BCUT2D eigenvalue weighted by Gasteiger charge is 2.45. The first-order valence-electron chi connectivity index (χ1n) is 3.77. The van der Waals surface area contributed by atoms with E-state index < -0.39 is 17.9 Å². The molecule has 0 aromatic heterocycles. The minimum atomic E-state index is -2.58. The number of halogens is 2. The van der Waals surface area contributed by atoms with Gasteiger partial charge >= 0.3 is 5.97 Å². The van der Waals surface area contributed by atoms with Crippen molar-refractivity contribution < 1.29 is 18.7 Å². The van der Waals surface area contributed by atoms with E-state index in [-0.39, 0.29) is 25.2 Å². The summed E-state index contributed by atoms with van der Waals surface area (Å²) in [6.07, 6.45) is -0.271. The maximum absolute atomic E-state index is 12.3. The van der Waals surface area contributed by atoms with Crippen molar-refractivity contribution in [2.75, 3.05) is 0 Å². The lowest BCUT2D eigenvalue weighted by Crippen LogP contribution is -2.41. The van der Waals surface area contributed by atoms with Gasteiger partial charge in [-0.3, -0.25) is 4.79 Å². The van der Waals surface area contributed by atoms with E-state index in [4.69, 9.17) is 10.8 Å².